The fourth-order valence-electron chi connectivity index (χ4n) is 1.19. The minimum atomic E-state index is -0.0442. The molecular weight excluding hydrogens is 168 g/mol. The maximum absolute atomic E-state index is 10.6. The van der Waals surface area contributed by atoms with Gasteiger partial charge in [0.15, 0.2) is 6.29 Å². The summed E-state index contributed by atoms with van der Waals surface area (Å²) in [7, 11) is 0. The van der Waals surface area contributed by atoms with E-state index in [1.165, 1.54) is 18.6 Å². The summed E-state index contributed by atoms with van der Waals surface area (Å²) < 4.78 is 0. The van der Waals surface area contributed by atoms with Gasteiger partial charge in [0.05, 0.1) is 11.1 Å². The summed E-state index contributed by atoms with van der Waals surface area (Å²) in [5.41, 5.74) is 0.882. The minimum Gasteiger partial charge on any atom is -0.507 e. The number of phenols is 1. The third kappa shape index (κ3) is 1.12. The maximum atomic E-state index is 10.6. The Kier molecular flexibility index (Phi) is 1.66. The zero-order chi connectivity index (χ0) is 9.26. The molecule has 0 unspecified atom stereocenters. The molecule has 0 aliphatic heterocycles. The van der Waals surface area contributed by atoms with Crippen LogP contribution in [-0.4, -0.2) is 21.4 Å². The number of phenolic OH excluding ortho intramolecular Hbond substituents is 1. The molecule has 2 aromatic rings. The lowest BCUT2D eigenvalue weighted by atomic mass is 10.1. The van der Waals surface area contributed by atoms with Gasteiger partial charge in [-0.25, -0.2) is 9.97 Å². The summed E-state index contributed by atoms with van der Waals surface area (Å²) >= 11 is 0. The molecule has 2 rings (SSSR count). The maximum Gasteiger partial charge on any atom is 0.154 e. The van der Waals surface area contributed by atoms with Crippen molar-refractivity contribution in [1.82, 2.24) is 9.97 Å². The monoisotopic (exact) mass is 174 g/mol. The standard InChI is InChI=1S/C9H6N2O2/c12-4-7-6-3-10-5-11-8(6)1-2-9(7)13/h1-5,13H. The van der Waals surface area contributed by atoms with Gasteiger partial charge in [0, 0.05) is 11.6 Å². The van der Waals surface area contributed by atoms with Crippen molar-refractivity contribution in [3.05, 3.63) is 30.2 Å². The fourth-order valence-corrected chi connectivity index (χ4v) is 1.19. The largest absolute Gasteiger partial charge is 0.507 e. The second-order valence-electron chi connectivity index (χ2n) is 2.57. The molecule has 4 nitrogen and oxygen atoms in total. The average Bonchev–Trinajstić information content (AvgIpc) is 2.18. The highest BCUT2D eigenvalue weighted by Crippen LogP contribution is 2.22. The average molecular weight is 174 g/mol. The third-order valence-corrected chi connectivity index (χ3v) is 1.83. The molecular formula is C9H6N2O2. The van der Waals surface area contributed by atoms with E-state index in [2.05, 4.69) is 9.97 Å². The fraction of sp³-hybridized carbons (Fsp3) is 0. The van der Waals surface area contributed by atoms with Crippen LogP contribution in [0.15, 0.2) is 24.7 Å². The number of nitrogens with zero attached hydrogens (tertiary/aromatic N) is 2. The van der Waals surface area contributed by atoms with E-state index in [9.17, 15) is 9.90 Å². The van der Waals surface area contributed by atoms with Crippen LogP contribution in [0.25, 0.3) is 10.9 Å². The van der Waals surface area contributed by atoms with E-state index < -0.39 is 0 Å². The van der Waals surface area contributed by atoms with Crippen molar-refractivity contribution in [2.24, 2.45) is 0 Å². The normalized spacial score (nSPS) is 10.2. The lowest BCUT2D eigenvalue weighted by molar-refractivity contribution is 0.112. The highest BCUT2D eigenvalue weighted by Gasteiger charge is 2.05. The predicted octanol–water partition coefficient (Wildman–Crippen LogP) is 1.15. The van der Waals surface area contributed by atoms with Crippen molar-refractivity contribution < 1.29 is 9.90 Å². The summed E-state index contributed by atoms with van der Waals surface area (Å²) in [6.45, 7) is 0. The smallest absolute Gasteiger partial charge is 0.154 e. The highest BCUT2D eigenvalue weighted by atomic mass is 16.3. The number of aromatic hydroxyl groups is 1. The molecule has 0 spiro atoms. The van der Waals surface area contributed by atoms with Gasteiger partial charge >= 0.3 is 0 Å². The van der Waals surface area contributed by atoms with Crippen LogP contribution in [0.3, 0.4) is 0 Å². The minimum absolute atomic E-state index is 0.0442. The van der Waals surface area contributed by atoms with E-state index in [0.717, 1.165) is 0 Å². The predicted molar refractivity (Wildman–Crippen MR) is 46.6 cm³/mol. The van der Waals surface area contributed by atoms with Gasteiger partial charge < -0.3 is 5.11 Å². The third-order valence-electron chi connectivity index (χ3n) is 1.83. The molecule has 0 aliphatic rings. The van der Waals surface area contributed by atoms with Crippen LogP contribution in [0.4, 0.5) is 0 Å². The van der Waals surface area contributed by atoms with Gasteiger partial charge in [0.25, 0.3) is 0 Å². The molecule has 4 heteroatoms. The number of aldehydes is 1. The summed E-state index contributed by atoms with van der Waals surface area (Å²) in [6.07, 6.45) is 3.50. The Morgan fingerprint density at radius 1 is 1.38 bits per heavy atom. The Hall–Kier alpha value is -1.97. The molecule has 1 N–H and O–H groups in total. The van der Waals surface area contributed by atoms with Crippen molar-refractivity contribution in [1.29, 1.82) is 0 Å². The van der Waals surface area contributed by atoms with Gasteiger partial charge in [0.1, 0.15) is 12.1 Å². The van der Waals surface area contributed by atoms with Crippen LogP contribution in [0, 0.1) is 0 Å². The first-order valence-electron chi connectivity index (χ1n) is 3.70. The van der Waals surface area contributed by atoms with Crippen LogP contribution in [0.1, 0.15) is 10.4 Å². The van der Waals surface area contributed by atoms with Crippen molar-refractivity contribution in [2.75, 3.05) is 0 Å². The van der Waals surface area contributed by atoms with Crippen molar-refractivity contribution in [3.8, 4) is 5.75 Å². The van der Waals surface area contributed by atoms with E-state index in [4.69, 9.17) is 0 Å². The molecule has 0 amide bonds. The van der Waals surface area contributed by atoms with Crippen LogP contribution in [0.2, 0.25) is 0 Å². The first kappa shape index (κ1) is 7.67. The molecule has 64 valence electrons. The van der Waals surface area contributed by atoms with E-state index in [1.807, 2.05) is 0 Å². The van der Waals surface area contributed by atoms with Gasteiger partial charge in [-0.05, 0) is 12.1 Å². The molecule has 0 saturated carbocycles. The van der Waals surface area contributed by atoms with Crippen LogP contribution in [0.5, 0.6) is 5.75 Å². The number of fused-ring (bicyclic) bond motifs is 1. The van der Waals surface area contributed by atoms with Gasteiger partial charge in [-0.2, -0.15) is 0 Å². The molecule has 0 atom stereocenters. The number of carbonyl (C=O) groups is 1. The highest BCUT2D eigenvalue weighted by molar-refractivity contribution is 5.98. The molecule has 0 radical (unpaired) electrons. The quantitative estimate of drug-likeness (QED) is 0.658. The van der Waals surface area contributed by atoms with Crippen molar-refractivity contribution in [2.45, 2.75) is 0 Å². The number of hydrogen-bond donors (Lipinski definition) is 1. The zero-order valence-corrected chi connectivity index (χ0v) is 6.64. The second-order valence-corrected chi connectivity index (χ2v) is 2.57. The Balaban J connectivity index is 2.91. The Morgan fingerprint density at radius 2 is 2.23 bits per heavy atom. The van der Waals surface area contributed by atoms with E-state index >= 15 is 0 Å². The Bertz CT molecular complexity index is 468. The van der Waals surface area contributed by atoms with Crippen molar-refractivity contribution in [3.63, 3.8) is 0 Å². The number of carbonyl (C=O) groups excluding carboxylic acids is 1. The zero-order valence-electron chi connectivity index (χ0n) is 6.64. The van der Waals surface area contributed by atoms with Crippen molar-refractivity contribution >= 4 is 17.2 Å². The van der Waals surface area contributed by atoms with Gasteiger partial charge in [-0.15, -0.1) is 0 Å². The summed E-state index contributed by atoms with van der Waals surface area (Å²) in [6, 6.07) is 3.08. The topological polar surface area (TPSA) is 63.1 Å². The lowest BCUT2D eigenvalue weighted by Gasteiger charge is -2.00. The van der Waals surface area contributed by atoms with Crippen LogP contribution < -0.4 is 0 Å². The molecule has 1 aromatic heterocycles. The number of aromatic nitrogens is 2. The summed E-state index contributed by atoms with van der Waals surface area (Å²) in [5, 5.41) is 9.89. The molecule has 0 bridgehead atoms. The van der Waals surface area contributed by atoms with Gasteiger partial charge in [-0.1, -0.05) is 0 Å². The first-order chi connectivity index (χ1) is 6.33. The number of benzene rings is 1. The summed E-state index contributed by atoms with van der Waals surface area (Å²) in [4.78, 5) is 18.4. The first-order valence-corrected chi connectivity index (χ1v) is 3.70. The summed E-state index contributed by atoms with van der Waals surface area (Å²) in [5.74, 6) is -0.0442. The number of rotatable bonds is 1. The SMILES string of the molecule is O=Cc1c(O)ccc2ncncc12. The van der Waals surface area contributed by atoms with E-state index in [-0.39, 0.29) is 11.3 Å². The molecule has 1 heterocycles. The molecule has 0 aliphatic carbocycles. The van der Waals surface area contributed by atoms with Crippen LogP contribution >= 0.6 is 0 Å². The molecule has 0 fully saturated rings. The van der Waals surface area contributed by atoms with Gasteiger partial charge in [-0.3, -0.25) is 4.79 Å². The molecule has 13 heavy (non-hydrogen) atoms. The van der Waals surface area contributed by atoms with E-state index in [1.54, 1.807) is 6.07 Å². The molecule has 1 aromatic carbocycles. The number of hydrogen-bond acceptors (Lipinski definition) is 4. The van der Waals surface area contributed by atoms with Gasteiger partial charge in [0.2, 0.25) is 0 Å². The second kappa shape index (κ2) is 2.82. The van der Waals surface area contributed by atoms with Crippen LogP contribution in [-0.2, 0) is 0 Å². The van der Waals surface area contributed by atoms with E-state index in [0.29, 0.717) is 17.2 Å². The molecule has 0 saturated heterocycles. The Labute approximate surface area is 73.9 Å². The Morgan fingerprint density at radius 3 is 3.00 bits per heavy atom. The lowest BCUT2D eigenvalue weighted by Crippen LogP contribution is -1.87.